The maximum Gasteiger partial charge on any atom is 0.0273 e. The van der Waals surface area contributed by atoms with Crippen LogP contribution in [0.5, 0.6) is 0 Å². The number of hydrogen-bond acceptors (Lipinski definition) is 1. The number of nitrogens with zero attached hydrogens (tertiary/aromatic N) is 1. The molecule has 0 saturated heterocycles. The van der Waals surface area contributed by atoms with Crippen molar-refractivity contribution >= 4 is 5.57 Å². The van der Waals surface area contributed by atoms with Crippen LogP contribution < -0.4 is 0 Å². The Hall–Kier alpha value is -1.37. The summed E-state index contributed by atoms with van der Waals surface area (Å²) in [5.74, 6) is 0. The molecule has 0 radical (unpaired) electrons. The van der Waals surface area contributed by atoms with Gasteiger partial charge in [0.2, 0.25) is 0 Å². The summed E-state index contributed by atoms with van der Waals surface area (Å²) in [7, 11) is 0. The van der Waals surface area contributed by atoms with Gasteiger partial charge in [-0.2, -0.15) is 0 Å². The zero-order valence-electron chi connectivity index (χ0n) is 9.24. The Balaban J connectivity index is 2.14. The minimum absolute atomic E-state index is 1.09. The first-order valence-corrected chi connectivity index (χ1v) is 5.71. The highest BCUT2D eigenvalue weighted by Crippen LogP contribution is 2.31. The molecular weight excluding hydrogens is 182 g/mol. The van der Waals surface area contributed by atoms with E-state index < -0.39 is 0 Å². The van der Waals surface area contributed by atoms with E-state index in [9.17, 15) is 0 Å². The normalized spacial score (nSPS) is 15.0. The predicted molar refractivity (Wildman–Crippen MR) is 64.4 cm³/mol. The second kappa shape index (κ2) is 4.92. The van der Waals surface area contributed by atoms with Gasteiger partial charge in [-0.1, -0.05) is 25.5 Å². The van der Waals surface area contributed by atoms with E-state index in [4.69, 9.17) is 0 Å². The lowest BCUT2D eigenvalue weighted by molar-refractivity contribution is 0.800. The lowest BCUT2D eigenvalue weighted by atomic mass is 9.98. The minimum Gasteiger partial charge on any atom is -0.265 e. The SMILES string of the molecule is CCCCC1=CCC=C1c1ccncc1. The molecule has 1 nitrogen and oxygen atoms in total. The molecule has 2 rings (SSSR count). The van der Waals surface area contributed by atoms with Crippen molar-refractivity contribution in [3.05, 3.63) is 47.8 Å². The van der Waals surface area contributed by atoms with Gasteiger partial charge < -0.3 is 0 Å². The summed E-state index contributed by atoms with van der Waals surface area (Å²) in [6.07, 6.45) is 13.3. The van der Waals surface area contributed by atoms with Crippen LogP contribution in [0.15, 0.2) is 42.3 Å². The molecule has 0 unspecified atom stereocenters. The van der Waals surface area contributed by atoms with E-state index in [0.717, 1.165) is 6.42 Å². The van der Waals surface area contributed by atoms with Crippen LogP contribution in [0.1, 0.15) is 38.2 Å². The number of hydrogen-bond donors (Lipinski definition) is 0. The first kappa shape index (κ1) is 10.2. The Bertz CT molecular complexity index is 374. The molecular formula is C14H17N. The number of allylic oxidation sites excluding steroid dienone is 4. The summed E-state index contributed by atoms with van der Waals surface area (Å²) in [4.78, 5) is 4.06. The monoisotopic (exact) mass is 199 g/mol. The number of pyridine rings is 1. The van der Waals surface area contributed by atoms with Gasteiger partial charge in [0.05, 0.1) is 0 Å². The van der Waals surface area contributed by atoms with Crippen LogP contribution in [0, 0.1) is 0 Å². The van der Waals surface area contributed by atoms with Crippen LogP contribution in [-0.4, -0.2) is 4.98 Å². The van der Waals surface area contributed by atoms with Gasteiger partial charge in [-0.15, -0.1) is 0 Å². The molecule has 1 aromatic heterocycles. The Kier molecular flexibility index (Phi) is 3.33. The second-order valence-corrected chi connectivity index (χ2v) is 3.92. The molecule has 0 aromatic carbocycles. The number of rotatable bonds is 4. The third-order valence-electron chi connectivity index (χ3n) is 2.82. The first-order chi connectivity index (χ1) is 7.42. The minimum atomic E-state index is 1.09. The van der Waals surface area contributed by atoms with Crippen molar-refractivity contribution in [2.75, 3.05) is 0 Å². The third-order valence-corrected chi connectivity index (χ3v) is 2.82. The van der Waals surface area contributed by atoms with Gasteiger partial charge in [0, 0.05) is 12.4 Å². The summed E-state index contributed by atoms with van der Waals surface area (Å²) in [5.41, 5.74) is 4.25. The van der Waals surface area contributed by atoms with E-state index in [0.29, 0.717) is 0 Å². The topological polar surface area (TPSA) is 12.9 Å². The van der Waals surface area contributed by atoms with Gasteiger partial charge in [0.25, 0.3) is 0 Å². The third kappa shape index (κ3) is 2.35. The molecule has 1 aliphatic rings. The van der Waals surface area contributed by atoms with Crippen molar-refractivity contribution in [2.45, 2.75) is 32.6 Å². The maximum absolute atomic E-state index is 4.06. The molecule has 1 heteroatoms. The van der Waals surface area contributed by atoms with Crippen molar-refractivity contribution < 1.29 is 0 Å². The van der Waals surface area contributed by atoms with Crippen LogP contribution >= 0.6 is 0 Å². The van der Waals surface area contributed by atoms with Crippen molar-refractivity contribution in [3.63, 3.8) is 0 Å². The molecule has 1 heterocycles. The largest absolute Gasteiger partial charge is 0.265 e. The van der Waals surface area contributed by atoms with Crippen LogP contribution in [-0.2, 0) is 0 Å². The molecule has 0 N–H and O–H groups in total. The van der Waals surface area contributed by atoms with E-state index in [1.54, 1.807) is 0 Å². The summed E-state index contributed by atoms with van der Waals surface area (Å²) in [5, 5.41) is 0. The van der Waals surface area contributed by atoms with E-state index in [-0.39, 0.29) is 0 Å². The smallest absolute Gasteiger partial charge is 0.0273 e. The van der Waals surface area contributed by atoms with Gasteiger partial charge >= 0.3 is 0 Å². The zero-order valence-corrected chi connectivity index (χ0v) is 9.24. The Labute approximate surface area is 91.6 Å². The molecule has 0 saturated carbocycles. The Morgan fingerprint density at radius 1 is 1.20 bits per heavy atom. The molecule has 0 atom stereocenters. The number of aromatic nitrogens is 1. The van der Waals surface area contributed by atoms with Crippen molar-refractivity contribution in [1.29, 1.82) is 0 Å². The van der Waals surface area contributed by atoms with Crippen molar-refractivity contribution in [1.82, 2.24) is 4.98 Å². The van der Waals surface area contributed by atoms with E-state index in [1.165, 1.54) is 36.0 Å². The molecule has 0 fully saturated rings. The summed E-state index contributed by atoms with van der Waals surface area (Å²) in [6, 6.07) is 4.19. The van der Waals surface area contributed by atoms with E-state index in [1.807, 2.05) is 12.4 Å². The van der Waals surface area contributed by atoms with Gasteiger partial charge in [-0.05, 0) is 48.1 Å². The van der Waals surface area contributed by atoms with Crippen LogP contribution in [0.2, 0.25) is 0 Å². The zero-order chi connectivity index (χ0) is 10.5. The molecule has 0 spiro atoms. The van der Waals surface area contributed by atoms with E-state index in [2.05, 4.69) is 36.2 Å². The number of unbranched alkanes of at least 4 members (excludes halogenated alkanes) is 1. The summed E-state index contributed by atoms with van der Waals surface area (Å²) >= 11 is 0. The molecule has 0 aliphatic heterocycles. The van der Waals surface area contributed by atoms with Crippen molar-refractivity contribution in [2.24, 2.45) is 0 Å². The van der Waals surface area contributed by atoms with Crippen LogP contribution in [0.4, 0.5) is 0 Å². The van der Waals surface area contributed by atoms with Gasteiger partial charge in [0.1, 0.15) is 0 Å². The highest BCUT2D eigenvalue weighted by Gasteiger charge is 2.10. The molecule has 15 heavy (non-hydrogen) atoms. The fraction of sp³-hybridized carbons (Fsp3) is 0.357. The fourth-order valence-electron chi connectivity index (χ4n) is 2.00. The molecule has 78 valence electrons. The Morgan fingerprint density at radius 2 is 2.00 bits per heavy atom. The average molecular weight is 199 g/mol. The Morgan fingerprint density at radius 3 is 2.73 bits per heavy atom. The molecule has 1 aromatic rings. The van der Waals surface area contributed by atoms with Crippen LogP contribution in [0.25, 0.3) is 5.57 Å². The summed E-state index contributed by atoms with van der Waals surface area (Å²) < 4.78 is 0. The second-order valence-electron chi connectivity index (χ2n) is 3.92. The lowest BCUT2D eigenvalue weighted by Crippen LogP contribution is -1.88. The lowest BCUT2D eigenvalue weighted by Gasteiger charge is -2.08. The quantitative estimate of drug-likeness (QED) is 0.714. The highest BCUT2D eigenvalue weighted by atomic mass is 14.6. The standard InChI is InChI=1S/C14H17N/c1-2-3-5-12-6-4-7-14(12)13-8-10-15-11-9-13/h6-11H,2-5H2,1H3. The molecule has 0 amide bonds. The average Bonchev–Trinajstić information content (AvgIpc) is 2.75. The van der Waals surface area contributed by atoms with Gasteiger partial charge in [-0.3, -0.25) is 4.98 Å². The molecule has 0 bridgehead atoms. The van der Waals surface area contributed by atoms with Gasteiger partial charge in [0.15, 0.2) is 0 Å². The van der Waals surface area contributed by atoms with Crippen LogP contribution in [0.3, 0.4) is 0 Å². The first-order valence-electron chi connectivity index (χ1n) is 5.71. The molecule has 1 aliphatic carbocycles. The fourth-order valence-corrected chi connectivity index (χ4v) is 2.00. The summed E-state index contributed by atoms with van der Waals surface area (Å²) in [6.45, 7) is 2.24. The maximum atomic E-state index is 4.06. The van der Waals surface area contributed by atoms with E-state index >= 15 is 0 Å². The van der Waals surface area contributed by atoms with Gasteiger partial charge in [-0.25, -0.2) is 0 Å². The van der Waals surface area contributed by atoms with Crippen molar-refractivity contribution in [3.8, 4) is 0 Å². The predicted octanol–water partition coefficient (Wildman–Crippen LogP) is 3.99. The highest BCUT2D eigenvalue weighted by molar-refractivity contribution is 5.81.